The van der Waals surface area contributed by atoms with Gasteiger partial charge in [-0.3, -0.25) is 0 Å². The third-order valence-corrected chi connectivity index (χ3v) is 1.78. The zero-order valence-corrected chi connectivity index (χ0v) is 9.50. The largest absolute Gasteiger partial charge is 0.503 e. The van der Waals surface area contributed by atoms with Crippen LogP contribution >= 0.6 is 11.6 Å². The molecule has 0 saturated heterocycles. The Labute approximate surface area is 93.1 Å². The number of carbonyl (C=O) groups is 1. The quantitative estimate of drug-likeness (QED) is 0.823. The smallest absolute Gasteiger partial charge is 0.335 e. The maximum absolute atomic E-state index is 10.5. The molecule has 0 aromatic heterocycles. The molecule has 0 radical (unpaired) electrons. The summed E-state index contributed by atoms with van der Waals surface area (Å²) in [6.07, 6.45) is 0. The molecule has 0 aliphatic rings. The lowest BCUT2D eigenvalue weighted by Crippen LogP contribution is -1.97. The Hall–Kier alpha value is -1.42. The molecule has 0 spiro atoms. The van der Waals surface area contributed by atoms with Crippen LogP contribution in [0.4, 0.5) is 0 Å². The number of hydrogen-bond acceptors (Lipinski definition) is 3. The molecular formula is C10H13ClO4. The molecule has 5 heteroatoms. The van der Waals surface area contributed by atoms with Crippen LogP contribution < -0.4 is 4.74 Å². The monoisotopic (exact) mass is 232 g/mol. The maximum atomic E-state index is 10.5. The Kier molecular flexibility index (Phi) is 5.56. The van der Waals surface area contributed by atoms with Gasteiger partial charge in [0, 0.05) is 0 Å². The molecule has 0 fully saturated rings. The molecule has 1 rings (SSSR count). The maximum Gasteiger partial charge on any atom is 0.335 e. The average Bonchev–Trinajstić information content (AvgIpc) is 2.24. The first-order valence-corrected chi connectivity index (χ1v) is 4.74. The minimum absolute atomic E-state index is 0.0281. The molecule has 4 nitrogen and oxygen atoms in total. The van der Waals surface area contributed by atoms with E-state index in [9.17, 15) is 9.90 Å². The molecule has 0 amide bonds. The molecule has 2 N–H and O–H groups in total. The van der Waals surface area contributed by atoms with Crippen molar-refractivity contribution in [3.63, 3.8) is 0 Å². The van der Waals surface area contributed by atoms with E-state index in [1.54, 1.807) is 0 Å². The fraction of sp³-hybridized carbons (Fsp3) is 0.300. The summed E-state index contributed by atoms with van der Waals surface area (Å²) in [5, 5.41) is 17.8. The third kappa shape index (κ3) is 3.32. The highest BCUT2D eigenvalue weighted by atomic mass is 35.5. The van der Waals surface area contributed by atoms with Gasteiger partial charge in [0.2, 0.25) is 0 Å². The standard InChI is InChI=1S/C8H7ClO4.C2H6/c1-13-6-3-4(8(11)12)2-5(9)7(6)10;1-2/h2-3,10H,1H3,(H,11,12);1-2H3. The third-order valence-electron chi connectivity index (χ3n) is 1.50. The van der Waals surface area contributed by atoms with Crippen LogP contribution in [-0.4, -0.2) is 23.3 Å². The van der Waals surface area contributed by atoms with Gasteiger partial charge in [0.25, 0.3) is 0 Å². The number of phenols is 1. The normalized spacial score (nSPS) is 8.80. The number of phenolic OH excluding ortho intramolecular Hbond substituents is 1. The van der Waals surface area contributed by atoms with Gasteiger partial charge in [0.05, 0.1) is 17.7 Å². The first-order chi connectivity index (χ1) is 7.06. The van der Waals surface area contributed by atoms with E-state index in [1.165, 1.54) is 13.2 Å². The summed E-state index contributed by atoms with van der Waals surface area (Å²) in [7, 11) is 1.32. The highest BCUT2D eigenvalue weighted by molar-refractivity contribution is 6.32. The van der Waals surface area contributed by atoms with Crippen LogP contribution in [0.1, 0.15) is 24.2 Å². The Morgan fingerprint density at radius 2 is 1.93 bits per heavy atom. The predicted octanol–water partition coefficient (Wildman–Crippen LogP) is 2.78. The van der Waals surface area contributed by atoms with Crippen molar-refractivity contribution in [2.24, 2.45) is 0 Å². The first-order valence-electron chi connectivity index (χ1n) is 4.36. The number of aromatic carboxylic acids is 1. The predicted molar refractivity (Wildman–Crippen MR) is 58.0 cm³/mol. The average molecular weight is 233 g/mol. The number of carboxylic acid groups (broad SMARTS) is 1. The van der Waals surface area contributed by atoms with Crippen LogP contribution in [-0.2, 0) is 0 Å². The van der Waals surface area contributed by atoms with Crippen molar-refractivity contribution < 1.29 is 19.7 Å². The number of carboxylic acids is 1. The molecule has 84 valence electrons. The van der Waals surface area contributed by atoms with Crippen molar-refractivity contribution in [3.05, 3.63) is 22.7 Å². The van der Waals surface area contributed by atoms with Crippen molar-refractivity contribution in [1.29, 1.82) is 0 Å². The van der Waals surface area contributed by atoms with Crippen LogP contribution in [0.5, 0.6) is 11.5 Å². The Morgan fingerprint density at radius 3 is 2.33 bits per heavy atom. The van der Waals surface area contributed by atoms with Crippen molar-refractivity contribution in [1.82, 2.24) is 0 Å². The lowest BCUT2D eigenvalue weighted by atomic mass is 10.2. The lowest BCUT2D eigenvalue weighted by Gasteiger charge is -2.05. The summed E-state index contributed by atoms with van der Waals surface area (Å²) >= 11 is 5.55. The molecule has 0 heterocycles. The molecular weight excluding hydrogens is 220 g/mol. The lowest BCUT2D eigenvalue weighted by molar-refractivity contribution is 0.0696. The number of hydrogen-bond donors (Lipinski definition) is 2. The highest BCUT2D eigenvalue weighted by Gasteiger charge is 2.12. The zero-order valence-electron chi connectivity index (χ0n) is 8.74. The van der Waals surface area contributed by atoms with Gasteiger partial charge in [0.1, 0.15) is 0 Å². The van der Waals surface area contributed by atoms with Gasteiger partial charge < -0.3 is 14.9 Å². The summed E-state index contributed by atoms with van der Waals surface area (Å²) < 4.78 is 4.72. The second-order valence-electron chi connectivity index (χ2n) is 2.31. The van der Waals surface area contributed by atoms with Crippen molar-refractivity contribution in [2.45, 2.75) is 13.8 Å². The zero-order chi connectivity index (χ0) is 12.0. The van der Waals surface area contributed by atoms with Gasteiger partial charge in [-0.15, -0.1) is 0 Å². The fourth-order valence-electron chi connectivity index (χ4n) is 0.853. The van der Waals surface area contributed by atoms with Crippen LogP contribution in [0.2, 0.25) is 5.02 Å². The molecule has 0 bridgehead atoms. The van der Waals surface area contributed by atoms with Crippen LogP contribution in [0.3, 0.4) is 0 Å². The molecule has 0 unspecified atom stereocenters. The van der Waals surface area contributed by atoms with Crippen LogP contribution in [0.25, 0.3) is 0 Å². The summed E-state index contributed by atoms with van der Waals surface area (Å²) in [5.74, 6) is -1.33. The minimum Gasteiger partial charge on any atom is -0.503 e. The Bertz CT molecular complexity index is 350. The van der Waals surface area contributed by atoms with Gasteiger partial charge in [0.15, 0.2) is 11.5 Å². The molecule has 0 saturated carbocycles. The Balaban J connectivity index is 0.000000921. The van der Waals surface area contributed by atoms with Gasteiger partial charge in [-0.25, -0.2) is 4.79 Å². The van der Waals surface area contributed by atoms with E-state index in [-0.39, 0.29) is 22.1 Å². The number of rotatable bonds is 2. The SMILES string of the molecule is CC.COc1cc(C(=O)O)cc(Cl)c1O. The number of methoxy groups -OCH3 is 1. The van der Waals surface area contributed by atoms with E-state index in [0.29, 0.717) is 0 Å². The van der Waals surface area contributed by atoms with Crippen LogP contribution in [0, 0.1) is 0 Å². The van der Waals surface area contributed by atoms with Gasteiger partial charge in [-0.1, -0.05) is 25.4 Å². The van der Waals surface area contributed by atoms with Crippen molar-refractivity contribution >= 4 is 17.6 Å². The topological polar surface area (TPSA) is 66.8 Å². The van der Waals surface area contributed by atoms with E-state index in [1.807, 2.05) is 13.8 Å². The van der Waals surface area contributed by atoms with Crippen molar-refractivity contribution in [3.8, 4) is 11.5 Å². The van der Waals surface area contributed by atoms with Gasteiger partial charge >= 0.3 is 5.97 Å². The number of halogens is 1. The molecule has 1 aromatic rings. The van der Waals surface area contributed by atoms with Gasteiger partial charge in [-0.05, 0) is 12.1 Å². The molecule has 1 aromatic carbocycles. The second kappa shape index (κ2) is 6.14. The van der Waals surface area contributed by atoms with Crippen LogP contribution in [0.15, 0.2) is 12.1 Å². The fourth-order valence-corrected chi connectivity index (χ4v) is 1.06. The van der Waals surface area contributed by atoms with E-state index in [4.69, 9.17) is 21.4 Å². The number of benzene rings is 1. The molecule has 0 aliphatic heterocycles. The second-order valence-corrected chi connectivity index (χ2v) is 2.72. The highest BCUT2D eigenvalue weighted by Crippen LogP contribution is 2.34. The van der Waals surface area contributed by atoms with Gasteiger partial charge in [-0.2, -0.15) is 0 Å². The summed E-state index contributed by atoms with van der Waals surface area (Å²) in [6, 6.07) is 2.35. The van der Waals surface area contributed by atoms with E-state index in [2.05, 4.69) is 0 Å². The number of ether oxygens (including phenoxy) is 1. The molecule has 0 atom stereocenters. The minimum atomic E-state index is -1.12. The van der Waals surface area contributed by atoms with E-state index >= 15 is 0 Å². The Morgan fingerprint density at radius 1 is 1.40 bits per heavy atom. The molecule has 15 heavy (non-hydrogen) atoms. The summed E-state index contributed by atoms with van der Waals surface area (Å²) in [4.78, 5) is 10.5. The van der Waals surface area contributed by atoms with E-state index < -0.39 is 5.97 Å². The van der Waals surface area contributed by atoms with Crippen molar-refractivity contribution in [2.75, 3.05) is 7.11 Å². The summed E-state index contributed by atoms with van der Waals surface area (Å²) in [5.41, 5.74) is -0.0281. The summed E-state index contributed by atoms with van der Waals surface area (Å²) in [6.45, 7) is 4.00. The number of aromatic hydroxyl groups is 1. The van der Waals surface area contributed by atoms with E-state index in [0.717, 1.165) is 6.07 Å². The first kappa shape index (κ1) is 13.6. The molecule has 0 aliphatic carbocycles.